The van der Waals surface area contributed by atoms with Gasteiger partial charge in [-0.3, -0.25) is 0 Å². The minimum absolute atomic E-state index is 0.0453. The van der Waals surface area contributed by atoms with Gasteiger partial charge in [0, 0.05) is 0 Å². The van der Waals surface area contributed by atoms with Gasteiger partial charge in [-0.15, -0.1) is 0 Å². The predicted molar refractivity (Wildman–Crippen MR) is 74.0 cm³/mol. The van der Waals surface area contributed by atoms with Gasteiger partial charge in [-0.2, -0.15) is 0 Å². The molecule has 1 aromatic rings. The first-order valence-electron chi connectivity index (χ1n) is 6.84. The summed E-state index contributed by atoms with van der Waals surface area (Å²) >= 11 is 0. The van der Waals surface area contributed by atoms with Gasteiger partial charge in [-0.25, -0.2) is 4.79 Å². The molecule has 0 spiro atoms. The van der Waals surface area contributed by atoms with Crippen LogP contribution in [0.1, 0.15) is 50.7 Å². The molecule has 4 nitrogen and oxygen atoms in total. The van der Waals surface area contributed by atoms with Crippen molar-refractivity contribution in [3.05, 3.63) is 23.3 Å². The zero-order valence-electron chi connectivity index (χ0n) is 11.6. The molecule has 0 atom stereocenters. The van der Waals surface area contributed by atoms with Gasteiger partial charge in [0.1, 0.15) is 0 Å². The van der Waals surface area contributed by atoms with Gasteiger partial charge in [0.05, 0.1) is 0 Å². The molecule has 0 aliphatic heterocycles. The number of unbranched alkanes of at least 4 members (excludes halogenated alkanes) is 2. The Hall–Kier alpha value is -1.71. The van der Waals surface area contributed by atoms with Gasteiger partial charge >= 0.3 is 6.16 Å². The number of rotatable bonds is 7. The molecule has 0 unspecified atom stereocenters. The van der Waals surface area contributed by atoms with E-state index in [0.29, 0.717) is 0 Å². The van der Waals surface area contributed by atoms with Crippen molar-refractivity contribution >= 4 is 6.16 Å². The Morgan fingerprint density at radius 2 is 1.79 bits per heavy atom. The second kappa shape index (κ2) is 7.67. The second-order valence-corrected chi connectivity index (χ2v) is 4.68. The second-order valence-electron chi connectivity index (χ2n) is 4.68. The number of phenols is 1. The molecule has 0 saturated carbocycles. The molecule has 0 aliphatic carbocycles. The highest BCUT2D eigenvalue weighted by molar-refractivity contribution is 5.64. The lowest BCUT2D eigenvalue weighted by Crippen LogP contribution is -2.05. The lowest BCUT2D eigenvalue weighted by Gasteiger charge is -2.11. The maximum atomic E-state index is 10.6. The number of ether oxygens (including phenoxy) is 1. The Kier molecular flexibility index (Phi) is 6.19. The first-order valence-corrected chi connectivity index (χ1v) is 6.84. The fourth-order valence-corrected chi connectivity index (χ4v) is 1.98. The fourth-order valence-electron chi connectivity index (χ4n) is 1.98. The van der Waals surface area contributed by atoms with E-state index in [2.05, 4.69) is 18.6 Å². The molecule has 0 aliphatic rings. The van der Waals surface area contributed by atoms with Crippen LogP contribution < -0.4 is 4.74 Å². The van der Waals surface area contributed by atoms with Crippen LogP contribution in [0.4, 0.5) is 4.79 Å². The van der Waals surface area contributed by atoms with E-state index in [1.54, 1.807) is 6.07 Å². The Morgan fingerprint density at radius 3 is 2.37 bits per heavy atom. The molecule has 0 heterocycles. The number of hydrogen-bond acceptors (Lipinski definition) is 3. The van der Waals surface area contributed by atoms with Crippen LogP contribution >= 0.6 is 0 Å². The van der Waals surface area contributed by atoms with E-state index in [9.17, 15) is 9.90 Å². The topological polar surface area (TPSA) is 66.8 Å². The number of carbonyl (C=O) groups is 1. The number of benzene rings is 1. The quantitative estimate of drug-likeness (QED) is 0.575. The summed E-state index contributed by atoms with van der Waals surface area (Å²) in [6.07, 6.45) is 4.28. The third-order valence-electron chi connectivity index (χ3n) is 3.03. The van der Waals surface area contributed by atoms with Crippen molar-refractivity contribution in [1.29, 1.82) is 0 Å². The molecule has 0 bridgehead atoms. The molecule has 19 heavy (non-hydrogen) atoms. The van der Waals surface area contributed by atoms with Gasteiger partial charge < -0.3 is 14.9 Å². The Balaban J connectivity index is 3.02. The van der Waals surface area contributed by atoms with Crippen molar-refractivity contribution in [1.82, 2.24) is 0 Å². The van der Waals surface area contributed by atoms with Crippen molar-refractivity contribution < 1.29 is 19.7 Å². The maximum Gasteiger partial charge on any atom is 0.511 e. The van der Waals surface area contributed by atoms with Crippen LogP contribution in [0.15, 0.2) is 12.1 Å². The Bertz CT molecular complexity index is 426. The van der Waals surface area contributed by atoms with Crippen LogP contribution in [0.2, 0.25) is 0 Å². The lowest BCUT2D eigenvalue weighted by atomic mass is 10.0. The highest BCUT2D eigenvalue weighted by Gasteiger charge is 2.13. The maximum absolute atomic E-state index is 10.6. The molecule has 106 valence electrons. The molecule has 0 amide bonds. The predicted octanol–water partition coefficient (Wildman–Crippen LogP) is 4.13. The minimum atomic E-state index is -1.40. The number of phenolic OH excluding ortho intramolecular Hbond substituents is 1. The first-order chi connectivity index (χ1) is 9.08. The number of hydrogen-bond donors (Lipinski definition) is 2. The molecule has 0 aromatic heterocycles. The molecule has 1 aromatic carbocycles. The summed E-state index contributed by atoms with van der Waals surface area (Å²) in [6.45, 7) is 4.18. The van der Waals surface area contributed by atoms with Crippen molar-refractivity contribution in [3.8, 4) is 11.5 Å². The summed E-state index contributed by atoms with van der Waals surface area (Å²) < 4.78 is 4.65. The third kappa shape index (κ3) is 4.81. The number of aromatic hydroxyl groups is 1. The van der Waals surface area contributed by atoms with Crippen molar-refractivity contribution in [2.24, 2.45) is 0 Å². The van der Waals surface area contributed by atoms with Crippen LogP contribution in [0.3, 0.4) is 0 Å². The van der Waals surface area contributed by atoms with Crippen LogP contribution in [0.5, 0.6) is 11.5 Å². The third-order valence-corrected chi connectivity index (χ3v) is 3.03. The van der Waals surface area contributed by atoms with Gasteiger partial charge in [0.25, 0.3) is 0 Å². The van der Waals surface area contributed by atoms with E-state index in [-0.39, 0.29) is 11.5 Å². The summed E-state index contributed by atoms with van der Waals surface area (Å²) in [7, 11) is 0. The Labute approximate surface area is 114 Å². The average molecular weight is 266 g/mol. The van der Waals surface area contributed by atoms with E-state index in [1.807, 2.05) is 6.07 Å². The summed E-state index contributed by atoms with van der Waals surface area (Å²) in [5.41, 5.74) is 1.79. The molecular weight excluding hydrogens is 244 g/mol. The van der Waals surface area contributed by atoms with Crippen molar-refractivity contribution in [3.63, 3.8) is 0 Å². The van der Waals surface area contributed by atoms with Gasteiger partial charge in [-0.05, 0) is 42.9 Å². The summed E-state index contributed by atoms with van der Waals surface area (Å²) in [5.74, 6) is 0.00306. The van der Waals surface area contributed by atoms with Gasteiger partial charge in [-0.1, -0.05) is 32.8 Å². The van der Waals surface area contributed by atoms with E-state index in [4.69, 9.17) is 5.11 Å². The number of aryl methyl sites for hydroxylation is 2. The smallest absolute Gasteiger partial charge is 0.504 e. The summed E-state index contributed by atoms with van der Waals surface area (Å²) in [4.78, 5) is 10.6. The fraction of sp³-hybridized carbons (Fsp3) is 0.533. The minimum Gasteiger partial charge on any atom is -0.504 e. The SMILES string of the molecule is CCCCc1cc(CCCC)c(O)c(OC(=O)O)c1. The zero-order valence-corrected chi connectivity index (χ0v) is 11.6. The van der Waals surface area contributed by atoms with E-state index >= 15 is 0 Å². The summed E-state index contributed by atoms with van der Waals surface area (Å²) in [6, 6.07) is 3.57. The highest BCUT2D eigenvalue weighted by Crippen LogP contribution is 2.33. The molecule has 0 radical (unpaired) electrons. The van der Waals surface area contributed by atoms with Crippen LogP contribution in [0.25, 0.3) is 0 Å². The molecule has 1 rings (SSSR count). The molecule has 0 fully saturated rings. The average Bonchev–Trinajstić information content (AvgIpc) is 2.37. The monoisotopic (exact) mass is 266 g/mol. The molecule has 4 heteroatoms. The van der Waals surface area contributed by atoms with E-state index in [1.165, 1.54) is 0 Å². The first kappa shape index (κ1) is 15.3. The highest BCUT2D eigenvalue weighted by atomic mass is 16.7. The van der Waals surface area contributed by atoms with Crippen molar-refractivity contribution in [2.75, 3.05) is 0 Å². The largest absolute Gasteiger partial charge is 0.511 e. The molecule has 2 N–H and O–H groups in total. The van der Waals surface area contributed by atoms with Crippen molar-refractivity contribution in [2.45, 2.75) is 52.4 Å². The number of carboxylic acid groups (broad SMARTS) is 1. The van der Waals surface area contributed by atoms with E-state index in [0.717, 1.165) is 49.7 Å². The normalized spacial score (nSPS) is 10.4. The zero-order chi connectivity index (χ0) is 14.3. The van der Waals surface area contributed by atoms with Gasteiger partial charge in [0.2, 0.25) is 0 Å². The Morgan fingerprint density at radius 1 is 1.16 bits per heavy atom. The molecule has 0 saturated heterocycles. The lowest BCUT2D eigenvalue weighted by molar-refractivity contribution is 0.142. The van der Waals surface area contributed by atoms with Gasteiger partial charge in [0.15, 0.2) is 11.5 Å². The summed E-state index contributed by atoms with van der Waals surface area (Å²) in [5, 5.41) is 18.7. The van der Waals surface area contributed by atoms with Crippen LogP contribution in [0, 0.1) is 0 Å². The van der Waals surface area contributed by atoms with Crippen LogP contribution in [-0.4, -0.2) is 16.4 Å². The standard InChI is InChI=1S/C15H22O4/c1-3-5-7-11-9-12(8-6-4-2)14(16)13(10-11)19-15(17)18/h9-10,16H,3-8H2,1-2H3,(H,17,18). The molecular formula is C15H22O4. The van der Waals surface area contributed by atoms with Crippen LogP contribution in [-0.2, 0) is 12.8 Å². The van der Waals surface area contributed by atoms with E-state index < -0.39 is 6.16 Å².